The molecular weight excluding hydrogens is 674 g/mol. The third-order valence-electron chi connectivity index (χ3n) is 7.13. The normalized spacial score (nSPS) is 13.3. The van der Waals surface area contributed by atoms with E-state index in [-0.39, 0.29) is 23.3 Å². The number of carbonyl (C=O) groups is 4. The molecule has 3 aromatic carbocycles. The van der Waals surface area contributed by atoms with Crippen LogP contribution in [0.5, 0.6) is 11.5 Å². The SMILES string of the molecule is COc1ccc([C@H](NC(=O)[C@@H](Cc2cccc(F)c2)Oc2cccc(C#N)c2)C(=O)N[C@H](C(=O)C(F)(F)C(=O)NCC(F)(F)F)C(C)C)cc1. The van der Waals surface area contributed by atoms with Crippen molar-refractivity contribution in [2.75, 3.05) is 13.7 Å². The molecule has 0 heterocycles. The van der Waals surface area contributed by atoms with Crippen LogP contribution >= 0.6 is 0 Å². The number of alkyl halides is 5. The summed E-state index contributed by atoms with van der Waals surface area (Å²) in [7, 11) is 1.36. The minimum absolute atomic E-state index is 0.0669. The summed E-state index contributed by atoms with van der Waals surface area (Å²) < 4.78 is 92.3. The molecular formula is C34H32F6N4O6. The minimum atomic E-state index is -5.04. The van der Waals surface area contributed by atoms with Gasteiger partial charge in [0.05, 0.1) is 24.8 Å². The summed E-state index contributed by atoms with van der Waals surface area (Å²) in [5.41, 5.74) is 0.567. The van der Waals surface area contributed by atoms with Gasteiger partial charge in [0.1, 0.15) is 29.9 Å². The van der Waals surface area contributed by atoms with Crippen molar-refractivity contribution in [1.82, 2.24) is 16.0 Å². The second kappa shape index (κ2) is 16.7. The van der Waals surface area contributed by atoms with Crippen LogP contribution in [0.15, 0.2) is 72.8 Å². The van der Waals surface area contributed by atoms with E-state index < -0.39 is 72.1 Å². The fourth-order valence-electron chi connectivity index (χ4n) is 4.57. The fourth-order valence-corrected chi connectivity index (χ4v) is 4.57. The molecule has 0 spiro atoms. The highest BCUT2D eigenvalue weighted by Gasteiger charge is 2.52. The monoisotopic (exact) mass is 706 g/mol. The second-order valence-electron chi connectivity index (χ2n) is 11.3. The zero-order valence-electron chi connectivity index (χ0n) is 26.8. The molecule has 3 N–H and O–H groups in total. The number of rotatable bonds is 15. The van der Waals surface area contributed by atoms with Crippen LogP contribution in [0.2, 0.25) is 0 Å². The van der Waals surface area contributed by atoms with Crippen LogP contribution in [-0.4, -0.2) is 61.4 Å². The molecule has 0 aliphatic carbocycles. The van der Waals surface area contributed by atoms with Gasteiger partial charge in [-0.1, -0.05) is 44.2 Å². The van der Waals surface area contributed by atoms with Gasteiger partial charge >= 0.3 is 12.1 Å². The Morgan fingerprint density at radius 3 is 2.10 bits per heavy atom. The molecule has 3 amide bonds. The number of ether oxygens (including phenoxy) is 2. The van der Waals surface area contributed by atoms with Crippen molar-refractivity contribution in [3.63, 3.8) is 0 Å². The van der Waals surface area contributed by atoms with Crippen LogP contribution in [0.25, 0.3) is 0 Å². The van der Waals surface area contributed by atoms with Gasteiger partial charge in [-0.15, -0.1) is 0 Å². The largest absolute Gasteiger partial charge is 0.497 e. The van der Waals surface area contributed by atoms with Gasteiger partial charge in [0.2, 0.25) is 11.7 Å². The number of benzene rings is 3. The Balaban J connectivity index is 1.97. The van der Waals surface area contributed by atoms with Crippen molar-refractivity contribution in [2.45, 2.75) is 50.6 Å². The summed E-state index contributed by atoms with van der Waals surface area (Å²) in [6.45, 7) is 0.357. The molecule has 16 heteroatoms. The highest BCUT2D eigenvalue weighted by Crippen LogP contribution is 2.25. The third-order valence-corrected chi connectivity index (χ3v) is 7.13. The molecule has 10 nitrogen and oxygen atoms in total. The summed E-state index contributed by atoms with van der Waals surface area (Å²) in [6, 6.07) is 14.6. The smallest absolute Gasteiger partial charge is 0.405 e. The molecule has 266 valence electrons. The van der Waals surface area contributed by atoms with Crippen molar-refractivity contribution in [3.8, 4) is 17.6 Å². The Morgan fingerprint density at radius 1 is 0.860 bits per heavy atom. The number of hydrogen-bond acceptors (Lipinski definition) is 7. The van der Waals surface area contributed by atoms with Gasteiger partial charge in [0.15, 0.2) is 6.10 Å². The van der Waals surface area contributed by atoms with E-state index in [1.54, 1.807) is 0 Å². The topological polar surface area (TPSA) is 147 Å². The Bertz CT molecular complexity index is 1730. The summed E-state index contributed by atoms with van der Waals surface area (Å²) in [6.07, 6.45) is -6.76. The Kier molecular flexibility index (Phi) is 13.0. The Labute approximate surface area is 282 Å². The molecule has 3 aromatic rings. The van der Waals surface area contributed by atoms with Gasteiger partial charge in [-0.05, 0) is 59.5 Å². The number of ketones is 1. The van der Waals surface area contributed by atoms with Gasteiger partial charge in [0, 0.05) is 6.42 Å². The molecule has 0 aliphatic rings. The predicted molar refractivity (Wildman–Crippen MR) is 165 cm³/mol. The number of nitrogens with one attached hydrogen (secondary N) is 3. The molecule has 3 rings (SSSR count). The number of hydrogen-bond donors (Lipinski definition) is 3. The number of nitrogens with zero attached hydrogens (tertiary/aromatic N) is 1. The van der Waals surface area contributed by atoms with Crippen LogP contribution in [0.3, 0.4) is 0 Å². The van der Waals surface area contributed by atoms with Crippen molar-refractivity contribution in [1.29, 1.82) is 5.26 Å². The van der Waals surface area contributed by atoms with Crippen molar-refractivity contribution in [2.24, 2.45) is 5.92 Å². The zero-order chi connectivity index (χ0) is 37.2. The van der Waals surface area contributed by atoms with Crippen molar-refractivity contribution < 1.29 is 55.0 Å². The van der Waals surface area contributed by atoms with Gasteiger partial charge < -0.3 is 25.4 Å². The first kappa shape index (κ1) is 38.9. The van der Waals surface area contributed by atoms with Gasteiger partial charge in [0.25, 0.3) is 11.8 Å². The number of amides is 3. The van der Waals surface area contributed by atoms with Gasteiger partial charge in [-0.25, -0.2) is 4.39 Å². The molecule has 0 unspecified atom stereocenters. The van der Waals surface area contributed by atoms with Gasteiger partial charge in [-0.3, -0.25) is 19.2 Å². The van der Waals surface area contributed by atoms with Crippen molar-refractivity contribution >= 4 is 23.5 Å². The maximum atomic E-state index is 14.8. The van der Waals surface area contributed by atoms with Crippen LogP contribution in [0, 0.1) is 23.1 Å². The van der Waals surface area contributed by atoms with E-state index in [4.69, 9.17) is 9.47 Å². The lowest BCUT2D eigenvalue weighted by Gasteiger charge is -2.28. The summed E-state index contributed by atoms with van der Waals surface area (Å²) in [4.78, 5) is 52.4. The molecule has 0 fully saturated rings. The Morgan fingerprint density at radius 2 is 1.52 bits per heavy atom. The highest BCUT2D eigenvalue weighted by molar-refractivity contribution is 6.10. The van der Waals surface area contributed by atoms with Crippen LogP contribution in [0.4, 0.5) is 26.3 Å². The highest BCUT2D eigenvalue weighted by atomic mass is 19.4. The fraction of sp³-hybridized carbons (Fsp3) is 0.324. The first-order valence-electron chi connectivity index (χ1n) is 14.9. The average Bonchev–Trinajstić information content (AvgIpc) is 3.07. The summed E-state index contributed by atoms with van der Waals surface area (Å²) in [5, 5.41) is 14.8. The number of Topliss-reactive ketones (excluding diaryl/α,β-unsaturated/α-hetero) is 1. The quantitative estimate of drug-likeness (QED) is 0.155. The molecule has 0 saturated heterocycles. The average molecular weight is 707 g/mol. The van der Waals surface area contributed by atoms with E-state index in [1.807, 2.05) is 6.07 Å². The molecule has 3 atom stereocenters. The third kappa shape index (κ3) is 10.7. The molecule has 0 radical (unpaired) electrons. The maximum absolute atomic E-state index is 14.8. The molecule has 0 saturated carbocycles. The molecule has 0 aromatic heterocycles. The molecule has 0 bridgehead atoms. The standard InChI is InChI=1S/C34H32F6N4O6/c1-19(2)27(29(45)34(39,40)32(48)42-18-33(36,37)38)43-31(47)28(22-10-12-24(49-3)13-11-22)44-30(46)26(16-20-6-4-8-23(35)14-20)50-25-9-5-7-21(15-25)17-41/h4-15,19,26-28H,16,18H2,1-3H3,(H,42,48)(H,43,47)(H,44,46)/t26-,27+,28+/m1/s1. The van der Waals surface area contributed by atoms with Crippen LogP contribution < -0.4 is 25.4 Å². The predicted octanol–water partition coefficient (Wildman–Crippen LogP) is 4.58. The van der Waals surface area contributed by atoms with E-state index in [0.717, 1.165) is 11.4 Å². The molecule has 50 heavy (non-hydrogen) atoms. The lowest BCUT2D eigenvalue weighted by molar-refractivity contribution is -0.165. The number of halogens is 6. The van der Waals surface area contributed by atoms with E-state index in [0.29, 0.717) is 11.3 Å². The lowest BCUT2D eigenvalue weighted by Crippen LogP contribution is -2.58. The second-order valence-corrected chi connectivity index (χ2v) is 11.3. The summed E-state index contributed by atoms with van der Waals surface area (Å²) in [5.74, 6) is -13.2. The van der Waals surface area contributed by atoms with E-state index >= 15 is 0 Å². The minimum Gasteiger partial charge on any atom is -0.497 e. The summed E-state index contributed by atoms with van der Waals surface area (Å²) >= 11 is 0. The Hall–Kier alpha value is -5.59. The van der Waals surface area contributed by atoms with E-state index in [1.165, 1.54) is 87.7 Å². The number of nitriles is 1. The zero-order valence-corrected chi connectivity index (χ0v) is 26.8. The van der Waals surface area contributed by atoms with E-state index in [2.05, 4.69) is 10.6 Å². The maximum Gasteiger partial charge on any atom is 0.405 e. The van der Waals surface area contributed by atoms with Gasteiger partial charge in [-0.2, -0.15) is 27.2 Å². The van der Waals surface area contributed by atoms with Crippen LogP contribution in [0.1, 0.15) is 36.6 Å². The van der Waals surface area contributed by atoms with Crippen molar-refractivity contribution in [3.05, 3.63) is 95.3 Å². The molecule has 0 aliphatic heterocycles. The van der Waals surface area contributed by atoms with Crippen LogP contribution in [-0.2, 0) is 25.6 Å². The number of carbonyl (C=O) groups excluding carboxylic acids is 4. The first-order chi connectivity index (χ1) is 23.4. The number of methoxy groups -OCH3 is 1. The lowest BCUT2D eigenvalue weighted by atomic mass is 9.94. The first-order valence-corrected chi connectivity index (χ1v) is 14.9. The van der Waals surface area contributed by atoms with E-state index in [9.17, 15) is 50.8 Å².